The minimum Gasteiger partial charge on any atom is -0.465 e. The molecule has 3 heterocycles. The van der Waals surface area contributed by atoms with Crippen LogP contribution in [0.1, 0.15) is 20.8 Å². The summed E-state index contributed by atoms with van der Waals surface area (Å²) in [6.45, 7) is 3.30. The first-order valence-corrected chi connectivity index (χ1v) is 9.20. The molecule has 0 unspecified atom stereocenters. The van der Waals surface area contributed by atoms with E-state index in [0.29, 0.717) is 15.4 Å². The molecule has 0 aliphatic carbocycles. The highest BCUT2D eigenvalue weighted by Gasteiger charge is 2.22. The lowest BCUT2D eigenvalue weighted by atomic mass is 10.1. The number of anilines is 1. The number of aromatic nitrogens is 2. The van der Waals surface area contributed by atoms with Gasteiger partial charge in [0.1, 0.15) is 11.5 Å². The van der Waals surface area contributed by atoms with E-state index >= 15 is 0 Å². The van der Waals surface area contributed by atoms with Crippen molar-refractivity contribution in [3.8, 4) is 10.8 Å². The third-order valence-electron chi connectivity index (χ3n) is 3.66. The maximum absolute atomic E-state index is 12.3. The number of carbonyl (C=O) groups is 2. The van der Waals surface area contributed by atoms with Crippen molar-refractivity contribution in [2.24, 2.45) is 0 Å². The monoisotopic (exact) mass is 393 g/mol. The van der Waals surface area contributed by atoms with E-state index in [9.17, 15) is 14.4 Å². The summed E-state index contributed by atoms with van der Waals surface area (Å²) in [7, 11) is 1.28. The molecule has 1 amide bonds. The Labute approximate surface area is 156 Å². The number of carbonyl (C=O) groups excluding carboxylic acids is 2. The molecule has 1 N–H and O–H groups in total. The van der Waals surface area contributed by atoms with Crippen molar-refractivity contribution in [3.05, 3.63) is 44.1 Å². The number of aryl methyl sites for hydroxylation is 1. The third-order valence-corrected chi connectivity index (χ3v) is 5.64. The van der Waals surface area contributed by atoms with E-state index in [0.717, 1.165) is 15.1 Å². The number of rotatable bonds is 5. The number of hydrogen-bond acceptors (Lipinski definition) is 8. The summed E-state index contributed by atoms with van der Waals surface area (Å²) in [5, 5.41) is 8.89. The molecule has 0 radical (unpaired) electrons. The van der Waals surface area contributed by atoms with Crippen LogP contribution >= 0.6 is 22.7 Å². The van der Waals surface area contributed by atoms with Gasteiger partial charge in [0, 0.05) is 4.88 Å². The van der Waals surface area contributed by atoms with Crippen LogP contribution in [0, 0.1) is 13.8 Å². The molecule has 0 saturated carbocycles. The summed E-state index contributed by atoms with van der Waals surface area (Å²) >= 11 is 2.64. The van der Waals surface area contributed by atoms with E-state index in [1.807, 2.05) is 18.4 Å². The zero-order valence-corrected chi connectivity index (χ0v) is 15.8. The summed E-state index contributed by atoms with van der Waals surface area (Å²) in [5.41, 5.74) is 1.06. The van der Waals surface area contributed by atoms with Crippen molar-refractivity contribution in [2.45, 2.75) is 20.4 Å². The van der Waals surface area contributed by atoms with Crippen molar-refractivity contribution in [1.82, 2.24) is 9.78 Å². The summed E-state index contributed by atoms with van der Waals surface area (Å²) in [4.78, 5) is 37.7. The van der Waals surface area contributed by atoms with Gasteiger partial charge in [-0.3, -0.25) is 4.79 Å². The molecule has 0 bridgehead atoms. The van der Waals surface area contributed by atoms with Gasteiger partial charge in [-0.1, -0.05) is 6.07 Å². The summed E-state index contributed by atoms with van der Waals surface area (Å²) in [5.74, 6) is -1.59. The molecule has 3 aromatic heterocycles. The molecule has 0 atom stereocenters. The lowest BCUT2D eigenvalue weighted by Crippen LogP contribution is -2.26. The molecular formula is C16H15N3O5S2. The van der Waals surface area contributed by atoms with Crippen LogP contribution in [0.15, 0.2) is 26.7 Å². The van der Waals surface area contributed by atoms with Gasteiger partial charge in [0.15, 0.2) is 0 Å². The fraction of sp³-hybridized carbons (Fsp3) is 0.250. The van der Waals surface area contributed by atoms with E-state index in [1.165, 1.54) is 29.8 Å². The van der Waals surface area contributed by atoms with Gasteiger partial charge >= 0.3 is 11.7 Å². The first kappa shape index (κ1) is 18.1. The second-order valence-electron chi connectivity index (χ2n) is 5.34. The zero-order valence-electron chi connectivity index (χ0n) is 14.2. The predicted molar refractivity (Wildman–Crippen MR) is 97.8 cm³/mol. The van der Waals surface area contributed by atoms with E-state index in [-0.39, 0.29) is 12.4 Å². The highest BCUT2D eigenvalue weighted by Crippen LogP contribution is 2.32. The maximum Gasteiger partial charge on any atom is 0.437 e. The van der Waals surface area contributed by atoms with Gasteiger partial charge in [-0.25, -0.2) is 9.59 Å². The Hall–Kier alpha value is -2.72. The average molecular weight is 393 g/mol. The minimum atomic E-state index is -0.727. The number of nitrogens with one attached hydrogen (secondary N) is 1. The third kappa shape index (κ3) is 3.46. The van der Waals surface area contributed by atoms with Gasteiger partial charge < -0.3 is 14.5 Å². The Morgan fingerprint density at radius 1 is 1.38 bits per heavy atom. The second kappa shape index (κ2) is 7.26. The van der Waals surface area contributed by atoms with E-state index in [2.05, 4.69) is 10.4 Å². The quantitative estimate of drug-likeness (QED) is 0.669. The predicted octanol–water partition coefficient (Wildman–Crippen LogP) is 2.67. The lowest BCUT2D eigenvalue weighted by molar-refractivity contribution is -0.117. The van der Waals surface area contributed by atoms with Crippen LogP contribution in [0.25, 0.3) is 10.8 Å². The summed E-state index contributed by atoms with van der Waals surface area (Å²) in [6, 6.07) is 3.57. The topological polar surface area (TPSA) is 103 Å². The fourth-order valence-electron chi connectivity index (χ4n) is 2.27. The van der Waals surface area contributed by atoms with Crippen molar-refractivity contribution >= 4 is 39.6 Å². The standard InChI is InChI=1S/C16H15N3O5S2/c1-8-9(2)26-14(12(8)15(21)23-3)17-11(20)7-19-16(22)24-13(18-19)10-5-4-6-25-10/h4-6H,7H2,1-3H3,(H,17,20). The summed E-state index contributed by atoms with van der Waals surface area (Å²) < 4.78 is 10.8. The van der Waals surface area contributed by atoms with E-state index < -0.39 is 17.6 Å². The molecule has 0 aliphatic heterocycles. The first-order valence-electron chi connectivity index (χ1n) is 7.50. The summed E-state index contributed by atoms with van der Waals surface area (Å²) in [6.07, 6.45) is 0. The van der Waals surface area contributed by atoms with Gasteiger partial charge in [0.25, 0.3) is 5.89 Å². The van der Waals surface area contributed by atoms with Crippen LogP contribution in [0.3, 0.4) is 0 Å². The Balaban J connectivity index is 1.79. The zero-order chi connectivity index (χ0) is 18.8. The number of hydrogen-bond donors (Lipinski definition) is 1. The normalized spacial score (nSPS) is 10.7. The molecule has 0 aromatic carbocycles. The largest absolute Gasteiger partial charge is 0.465 e. The van der Waals surface area contributed by atoms with Crippen molar-refractivity contribution < 1.29 is 18.7 Å². The molecular weight excluding hydrogens is 378 g/mol. The van der Waals surface area contributed by atoms with Crippen LogP contribution in [0.2, 0.25) is 0 Å². The SMILES string of the molecule is COC(=O)c1c(NC(=O)Cn2nc(-c3cccs3)oc2=O)sc(C)c1C. The van der Waals surface area contributed by atoms with Crippen molar-refractivity contribution in [3.63, 3.8) is 0 Å². The average Bonchev–Trinajstić information content (AvgIpc) is 3.30. The molecule has 136 valence electrons. The van der Waals surface area contributed by atoms with Gasteiger partial charge in [0.2, 0.25) is 5.91 Å². The van der Waals surface area contributed by atoms with Gasteiger partial charge in [-0.15, -0.1) is 27.8 Å². The number of ether oxygens (including phenoxy) is 1. The molecule has 8 nitrogen and oxygen atoms in total. The number of amides is 1. The van der Waals surface area contributed by atoms with Gasteiger partial charge in [-0.2, -0.15) is 4.68 Å². The minimum absolute atomic E-state index is 0.163. The number of thiophene rings is 2. The van der Waals surface area contributed by atoms with Crippen LogP contribution in [-0.4, -0.2) is 28.8 Å². The van der Waals surface area contributed by atoms with Crippen molar-refractivity contribution in [1.29, 1.82) is 0 Å². The number of esters is 1. The Kier molecular flexibility index (Phi) is 5.05. The maximum atomic E-state index is 12.3. The van der Waals surface area contributed by atoms with E-state index in [4.69, 9.17) is 9.15 Å². The van der Waals surface area contributed by atoms with Crippen LogP contribution in [-0.2, 0) is 16.1 Å². The lowest BCUT2D eigenvalue weighted by Gasteiger charge is -2.05. The van der Waals surface area contributed by atoms with Gasteiger partial charge in [0.05, 0.1) is 17.6 Å². The van der Waals surface area contributed by atoms with Crippen LogP contribution < -0.4 is 11.1 Å². The van der Waals surface area contributed by atoms with Gasteiger partial charge in [-0.05, 0) is 30.9 Å². The second-order valence-corrected chi connectivity index (χ2v) is 7.51. The Morgan fingerprint density at radius 2 is 2.15 bits per heavy atom. The fourth-order valence-corrected chi connectivity index (χ4v) is 3.98. The molecule has 3 rings (SSSR count). The molecule has 0 fully saturated rings. The Bertz CT molecular complexity index is 1010. The number of methoxy groups -OCH3 is 1. The molecule has 3 aromatic rings. The van der Waals surface area contributed by atoms with Crippen LogP contribution in [0.5, 0.6) is 0 Å². The highest BCUT2D eigenvalue weighted by molar-refractivity contribution is 7.16. The van der Waals surface area contributed by atoms with Crippen LogP contribution in [0.4, 0.5) is 5.00 Å². The molecule has 0 saturated heterocycles. The first-order chi connectivity index (χ1) is 12.4. The van der Waals surface area contributed by atoms with Crippen molar-refractivity contribution in [2.75, 3.05) is 12.4 Å². The molecule has 10 heteroatoms. The molecule has 0 aliphatic rings. The molecule has 26 heavy (non-hydrogen) atoms. The number of nitrogens with zero attached hydrogens (tertiary/aromatic N) is 2. The highest BCUT2D eigenvalue weighted by atomic mass is 32.1. The van der Waals surface area contributed by atoms with E-state index in [1.54, 1.807) is 13.0 Å². The molecule has 0 spiro atoms. The smallest absolute Gasteiger partial charge is 0.437 e. The Morgan fingerprint density at radius 3 is 2.81 bits per heavy atom.